The summed E-state index contributed by atoms with van der Waals surface area (Å²) in [6, 6.07) is 3.67. The van der Waals surface area contributed by atoms with E-state index in [1.54, 1.807) is 12.3 Å². The van der Waals surface area contributed by atoms with Gasteiger partial charge in [-0.3, -0.25) is 23.7 Å². The molecule has 2 aromatic rings. The Morgan fingerprint density at radius 1 is 1.32 bits per heavy atom. The van der Waals surface area contributed by atoms with E-state index in [4.69, 9.17) is 27.0 Å². The first-order valence-corrected chi connectivity index (χ1v) is 10.9. The molecule has 9 nitrogen and oxygen atoms in total. The minimum atomic E-state index is -1.01. The fourth-order valence-corrected chi connectivity index (χ4v) is 4.71. The van der Waals surface area contributed by atoms with Gasteiger partial charge in [0.1, 0.15) is 15.8 Å². The van der Waals surface area contributed by atoms with E-state index in [0.29, 0.717) is 43.3 Å². The van der Waals surface area contributed by atoms with Crippen molar-refractivity contribution >= 4 is 57.7 Å². The van der Waals surface area contributed by atoms with Gasteiger partial charge in [-0.2, -0.15) is 0 Å². The molecule has 0 unspecified atom stereocenters. The van der Waals surface area contributed by atoms with E-state index in [2.05, 4.69) is 0 Å². The number of amides is 1. The summed E-state index contributed by atoms with van der Waals surface area (Å²) in [6.07, 6.45) is 3.02. The zero-order valence-electron chi connectivity index (χ0n) is 16.7. The normalized spacial score (nSPS) is 18.4. The summed E-state index contributed by atoms with van der Waals surface area (Å²) in [4.78, 5) is 45.3. The molecule has 2 aliphatic heterocycles. The Hall–Kier alpha value is -2.76. The number of aliphatic carboxylic acids is 1. The highest BCUT2D eigenvalue weighted by atomic mass is 32.2. The Morgan fingerprint density at radius 3 is 2.77 bits per heavy atom. The Morgan fingerprint density at radius 2 is 2.06 bits per heavy atom. The van der Waals surface area contributed by atoms with E-state index in [0.717, 1.165) is 17.3 Å². The molecule has 31 heavy (non-hydrogen) atoms. The van der Waals surface area contributed by atoms with Gasteiger partial charge >= 0.3 is 5.97 Å². The molecule has 11 heteroatoms. The van der Waals surface area contributed by atoms with Crippen LogP contribution in [0.2, 0.25) is 0 Å². The number of aromatic nitrogens is 2. The van der Waals surface area contributed by atoms with Crippen molar-refractivity contribution in [2.75, 3.05) is 37.7 Å². The first-order chi connectivity index (χ1) is 14.8. The molecule has 1 N–H and O–H groups in total. The highest BCUT2D eigenvalue weighted by Gasteiger charge is 2.33. The van der Waals surface area contributed by atoms with Crippen molar-refractivity contribution in [2.24, 2.45) is 0 Å². The number of carbonyl (C=O) groups excluding carboxylic acids is 1. The first-order valence-electron chi connectivity index (χ1n) is 9.68. The number of nitrogens with zero attached hydrogens (tertiary/aromatic N) is 4. The number of hydrogen-bond donors (Lipinski definition) is 1. The molecular formula is C20H20N4O5S2. The minimum Gasteiger partial charge on any atom is -0.481 e. The quantitative estimate of drug-likeness (QED) is 0.525. The number of pyridine rings is 1. The molecule has 2 saturated heterocycles. The monoisotopic (exact) mass is 460 g/mol. The van der Waals surface area contributed by atoms with Gasteiger partial charge in [0.05, 0.1) is 30.1 Å². The molecular weight excluding hydrogens is 440 g/mol. The fourth-order valence-electron chi connectivity index (χ4n) is 3.42. The lowest BCUT2D eigenvalue weighted by Gasteiger charge is -2.29. The maximum absolute atomic E-state index is 13.4. The van der Waals surface area contributed by atoms with Crippen LogP contribution >= 0.6 is 24.0 Å². The van der Waals surface area contributed by atoms with E-state index < -0.39 is 11.9 Å². The van der Waals surface area contributed by atoms with Crippen LogP contribution in [0.4, 0.5) is 5.82 Å². The molecule has 162 valence electrons. The SMILES string of the molecule is Cc1ccc2nc(N3CCOCC3)c(/C=C3\SC(=S)N(CCC(=O)O)C3=O)c(=O)n2c1. The van der Waals surface area contributed by atoms with Gasteiger partial charge in [0.2, 0.25) is 0 Å². The van der Waals surface area contributed by atoms with Crippen molar-refractivity contribution in [1.29, 1.82) is 0 Å². The zero-order chi connectivity index (χ0) is 22.1. The van der Waals surface area contributed by atoms with E-state index in [9.17, 15) is 14.4 Å². The highest BCUT2D eigenvalue weighted by molar-refractivity contribution is 8.26. The smallest absolute Gasteiger partial charge is 0.305 e. The van der Waals surface area contributed by atoms with E-state index in [1.807, 2.05) is 17.9 Å². The number of carboxylic acid groups (broad SMARTS) is 1. The van der Waals surface area contributed by atoms with Crippen molar-refractivity contribution in [3.63, 3.8) is 0 Å². The lowest BCUT2D eigenvalue weighted by molar-refractivity contribution is -0.137. The van der Waals surface area contributed by atoms with Crippen molar-refractivity contribution in [3.8, 4) is 0 Å². The van der Waals surface area contributed by atoms with Crippen LogP contribution in [-0.2, 0) is 14.3 Å². The predicted octanol–water partition coefficient (Wildman–Crippen LogP) is 1.52. The van der Waals surface area contributed by atoms with Gasteiger partial charge in [0, 0.05) is 25.8 Å². The standard InChI is InChI=1S/C20H20N4O5S2/c1-12-2-3-15-21-17(22-6-8-29-9-7-22)13(18(27)24(15)11-12)10-14-19(28)23(20(30)31-14)5-4-16(25)26/h2-3,10-11H,4-9H2,1H3,(H,25,26)/b14-10-. The molecule has 1 amide bonds. The molecule has 0 radical (unpaired) electrons. The number of anilines is 1. The number of morpholine rings is 1. The molecule has 2 aliphatic rings. The van der Waals surface area contributed by atoms with Crippen LogP contribution in [0.15, 0.2) is 28.0 Å². The van der Waals surface area contributed by atoms with Crippen molar-refractivity contribution in [3.05, 3.63) is 44.7 Å². The number of rotatable bonds is 5. The van der Waals surface area contributed by atoms with Crippen LogP contribution < -0.4 is 10.5 Å². The zero-order valence-corrected chi connectivity index (χ0v) is 18.4. The van der Waals surface area contributed by atoms with Crippen molar-refractivity contribution in [1.82, 2.24) is 14.3 Å². The van der Waals surface area contributed by atoms with Gasteiger partial charge in [-0.05, 0) is 24.6 Å². The predicted molar refractivity (Wildman–Crippen MR) is 121 cm³/mol. The number of carboxylic acids is 1. The average molecular weight is 461 g/mol. The number of hydrogen-bond acceptors (Lipinski definition) is 8. The van der Waals surface area contributed by atoms with Crippen molar-refractivity contribution in [2.45, 2.75) is 13.3 Å². The third-order valence-corrected chi connectivity index (χ3v) is 6.37. The molecule has 0 saturated carbocycles. The van der Waals surface area contributed by atoms with E-state index in [-0.39, 0.29) is 27.8 Å². The molecule has 2 fully saturated rings. The molecule has 4 rings (SSSR count). The Labute approximate surface area is 187 Å². The largest absolute Gasteiger partial charge is 0.481 e. The topological polar surface area (TPSA) is 104 Å². The lowest BCUT2D eigenvalue weighted by atomic mass is 10.2. The number of carbonyl (C=O) groups is 2. The Bertz CT molecular complexity index is 1170. The fraction of sp³-hybridized carbons (Fsp3) is 0.350. The molecule has 0 spiro atoms. The summed E-state index contributed by atoms with van der Waals surface area (Å²) >= 11 is 6.31. The number of aryl methyl sites for hydroxylation is 1. The summed E-state index contributed by atoms with van der Waals surface area (Å²) in [7, 11) is 0. The van der Waals surface area contributed by atoms with Crippen LogP contribution in [-0.4, -0.2) is 68.4 Å². The summed E-state index contributed by atoms with van der Waals surface area (Å²) < 4.78 is 7.16. The second kappa shape index (κ2) is 8.77. The third-order valence-electron chi connectivity index (χ3n) is 4.99. The van der Waals surface area contributed by atoms with E-state index >= 15 is 0 Å². The molecule has 4 heterocycles. The van der Waals surface area contributed by atoms with Crippen LogP contribution in [0.3, 0.4) is 0 Å². The number of ether oxygens (including phenoxy) is 1. The maximum Gasteiger partial charge on any atom is 0.305 e. The van der Waals surface area contributed by atoms with Gasteiger partial charge in [0.25, 0.3) is 11.5 Å². The Balaban J connectivity index is 1.81. The highest BCUT2D eigenvalue weighted by Crippen LogP contribution is 2.33. The van der Waals surface area contributed by atoms with Crippen LogP contribution in [0, 0.1) is 6.92 Å². The summed E-state index contributed by atoms with van der Waals surface area (Å²) in [5.74, 6) is -0.925. The molecule has 0 aromatic carbocycles. The van der Waals surface area contributed by atoms with Crippen LogP contribution in [0.1, 0.15) is 17.5 Å². The number of thioether (sulfide) groups is 1. The van der Waals surface area contributed by atoms with Crippen LogP contribution in [0.5, 0.6) is 0 Å². The first kappa shape index (κ1) is 21.5. The Kier molecular flexibility index (Phi) is 6.08. The molecule has 0 atom stereocenters. The van der Waals surface area contributed by atoms with Gasteiger partial charge in [0.15, 0.2) is 0 Å². The third kappa shape index (κ3) is 4.34. The van der Waals surface area contributed by atoms with Crippen LogP contribution in [0.25, 0.3) is 11.7 Å². The minimum absolute atomic E-state index is 0.0121. The van der Waals surface area contributed by atoms with Gasteiger partial charge in [-0.1, -0.05) is 30.0 Å². The van der Waals surface area contributed by atoms with Gasteiger partial charge in [-0.25, -0.2) is 4.98 Å². The van der Waals surface area contributed by atoms with Gasteiger partial charge in [-0.15, -0.1) is 0 Å². The number of fused-ring (bicyclic) bond motifs is 1. The maximum atomic E-state index is 13.4. The number of thiocarbonyl (C=S) groups is 1. The second-order valence-corrected chi connectivity index (χ2v) is 8.84. The molecule has 2 aromatic heterocycles. The average Bonchev–Trinajstić information content (AvgIpc) is 3.02. The van der Waals surface area contributed by atoms with E-state index in [1.165, 1.54) is 15.4 Å². The summed E-state index contributed by atoms with van der Waals surface area (Å²) in [5, 5.41) is 8.92. The van der Waals surface area contributed by atoms with Crippen molar-refractivity contribution < 1.29 is 19.4 Å². The van der Waals surface area contributed by atoms with Gasteiger partial charge < -0.3 is 14.7 Å². The molecule has 0 aliphatic carbocycles. The molecule has 0 bridgehead atoms. The second-order valence-electron chi connectivity index (χ2n) is 7.17. The summed E-state index contributed by atoms with van der Waals surface area (Å²) in [5.41, 5.74) is 1.43. The summed E-state index contributed by atoms with van der Waals surface area (Å²) in [6.45, 7) is 4.07. The lowest BCUT2D eigenvalue weighted by Crippen LogP contribution is -2.38.